The number of H-pyrrole nitrogens is 1. The van der Waals surface area contributed by atoms with Crippen molar-refractivity contribution in [2.75, 3.05) is 13.7 Å². The summed E-state index contributed by atoms with van der Waals surface area (Å²) >= 11 is 1.65. The molecule has 0 spiro atoms. The SMILES string of the molecule is COc1cc(-c2[nH]nc(-c3ncc(C4CCC(NCCC(F)(F)F)CC4)s3)c2C(C)C)cn2ncnc12. The van der Waals surface area contributed by atoms with E-state index in [0.717, 1.165) is 53.2 Å². The first-order valence-corrected chi connectivity index (χ1v) is 13.3. The summed E-state index contributed by atoms with van der Waals surface area (Å²) in [5.74, 6) is 1.18. The molecule has 1 fully saturated rings. The van der Waals surface area contributed by atoms with Gasteiger partial charge < -0.3 is 10.1 Å². The Labute approximate surface area is 216 Å². The standard InChI is InChI=1S/C25H30F3N7OS/c1-14(2)20-21(16-10-18(36-3)23-31-13-32-35(23)12-16)33-34-22(20)24-30-11-19(37-24)15-4-6-17(7-5-15)29-9-8-25(26,27)28/h10-15,17,29H,4-9H2,1-3H3,(H,33,34). The van der Waals surface area contributed by atoms with Crippen LogP contribution >= 0.6 is 11.3 Å². The minimum Gasteiger partial charge on any atom is -0.493 e. The molecule has 0 unspecified atom stereocenters. The van der Waals surface area contributed by atoms with Gasteiger partial charge in [0.25, 0.3) is 0 Å². The van der Waals surface area contributed by atoms with E-state index in [4.69, 9.17) is 9.72 Å². The molecular weight excluding hydrogens is 503 g/mol. The second kappa shape index (κ2) is 10.4. The number of thiazole rings is 1. The molecule has 0 bridgehead atoms. The van der Waals surface area contributed by atoms with Gasteiger partial charge in [-0.3, -0.25) is 5.10 Å². The second-order valence-corrected chi connectivity index (χ2v) is 10.8. The van der Waals surface area contributed by atoms with Gasteiger partial charge in [0, 0.05) is 41.0 Å². The zero-order chi connectivity index (χ0) is 26.2. The van der Waals surface area contributed by atoms with E-state index in [-0.39, 0.29) is 18.5 Å². The van der Waals surface area contributed by atoms with Gasteiger partial charge >= 0.3 is 6.18 Å². The van der Waals surface area contributed by atoms with Crippen LogP contribution in [0.1, 0.15) is 68.2 Å². The maximum Gasteiger partial charge on any atom is 0.390 e. The van der Waals surface area contributed by atoms with Crippen molar-refractivity contribution in [2.24, 2.45) is 0 Å². The van der Waals surface area contributed by atoms with Crippen LogP contribution in [-0.4, -0.2) is 55.7 Å². The number of methoxy groups -OCH3 is 1. The van der Waals surface area contributed by atoms with E-state index in [1.807, 2.05) is 18.5 Å². The van der Waals surface area contributed by atoms with Crippen LogP contribution < -0.4 is 10.1 Å². The highest BCUT2D eigenvalue weighted by Gasteiger charge is 2.29. The van der Waals surface area contributed by atoms with Crippen molar-refractivity contribution >= 4 is 17.0 Å². The van der Waals surface area contributed by atoms with Gasteiger partial charge in [0.1, 0.15) is 17.0 Å². The molecule has 0 radical (unpaired) electrons. The lowest BCUT2D eigenvalue weighted by Gasteiger charge is -2.28. The molecule has 1 aliphatic carbocycles. The number of fused-ring (bicyclic) bond motifs is 1. The van der Waals surface area contributed by atoms with Gasteiger partial charge in [0.2, 0.25) is 0 Å². The third kappa shape index (κ3) is 5.49. The molecule has 0 aromatic carbocycles. The summed E-state index contributed by atoms with van der Waals surface area (Å²) in [6.07, 6.45) is 4.05. The normalized spacial score (nSPS) is 18.7. The minimum atomic E-state index is -4.11. The Morgan fingerprint density at radius 2 is 2.00 bits per heavy atom. The average molecular weight is 534 g/mol. The number of aromatic nitrogens is 6. The number of ether oxygens (including phenoxy) is 1. The van der Waals surface area contributed by atoms with Gasteiger partial charge in [0.15, 0.2) is 11.4 Å². The molecule has 0 aliphatic heterocycles. The molecule has 4 aromatic heterocycles. The molecule has 0 saturated heterocycles. The van der Waals surface area contributed by atoms with Crippen molar-refractivity contribution in [3.8, 4) is 27.7 Å². The molecular formula is C25H30F3N7OS. The highest BCUT2D eigenvalue weighted by molar-refractivity contribution is 7.15. The summed E-state index contributed by atoms with van der Waals surface area (Å²) in [7, 11) is 1.61. The maximum absolute atomic E-state index is 12.4. The highest BCUT2D eigenvalue weighted by Crippen LogP contribution is 2.41. The summed E-state index contributed by atoms with van der Waals surface area (Å²) in [4.78, 5) is 10.2. The molecule has 2 N–H and O–H groups in total. The topological polar surface area (TPSA) is 93.0 Å². The molecule has 198 valence electrons. The third-order valence-electron chi connectivity index (χ3n) is 6.93. The molecule has 8 nitrogen and oxygen atoms in total. The van der Waals surface area contributed by atoms with Gasteiger partial charge in [-0.1, -0.05) is 13.8 Å². The quantitative estimate of drug-likeness (QED) is 0.291. The van der Waals surface area contributed by atoms with Crippen molar-refractivity contribution in [1.82, 2.24) is 35.1 Å². The van der Waals surface area contributed by atoms with Gasteiger partial charge in [-0.05, 0) is 43.6 Å². The largest absolute Gasteiger partial charge is 0.493 e. The molecule has 4 heterocycles. The van der Waals surface area contributed by atoms with Crippen molar-refractivity contribution in [1.29, 1.82) is 0 Å². The number of pyridine rings is 1. The number of rotatable bonds is 8. The van der Waals surface area contributed by atoms with Crippen LogP contribution in [0, 0.1) is 0 Å². The summed E-state index contributed by atoms with van der Waals surface area (Å²) in [5, 5.41) is 16.1. The summed E-state index contributed by atoms with van der Waals surface area (Å²) in [6.45, 7) is 4.24. The Morgan fingerprint density at radius 3 is 2.70 bits per heavy atom. The fraction of sp³-hybridized carbons (Fsp3) is 0.520. The Morgan fingerprint density at radius 1 is 1.22 bits per heavy atom. The van der Waals surface area contributed by atoms with Gasteiger partial charge in [-0.2, -0.15) is 23.4 Å². The lowest BCUT2D eigenvalue weighted by molar-refractivity contribution is -0.133. The van der Waals surface area contributed by atoms with Crippen molar-refractivity contribution in [3.63, 3.8) is 0 Å². The lowest BCUT2D eigenvalue weighted by atomic mass is 9.85. The summed E-state index contributed by atoms with van der Waals surface area (Å²) < 4.78 is 44.5. The molecule has 1 aliphatic rings. The zero-order valence-corrected chi connectivity index (χ0v) is 21.8. The van der Waals surface area contributed by atoms with Gasteiger partial charge in [-0.15, -0.1) is 11.3 Å². The smallest absolute Gasteiger partial charge is 0.390 e. The summed E-state index contributed by atoms with van der Waals surface area (Å²) in [5.41, 5.74) is 4.33. The van der Waals surface area contributed by atoms with Crippen molar-refractivity contribution in [3.05, 3.63) is 35.2 Å². The third-order valence-corrected chi connectivity index (χ3v) is 8.10. The fourth-order valence-electron chi connectivity index (χ4n) is 5.06. The van der Waals surface area contributed by atoms with E-state index in [2.05, 4.69) is 39.4 Å². The second-order valence-electron chi connectivity index (χ2n) is 9.78. The molecule has 5 rings (SSSR count). The first-order chi connectivity index (χ1) is 17.7. The monoisotopic (exact) mass is 533 g/mol. The lowest BCUT2D eigenvalue weighted by Crippen LogP contribution is -2.34. The van der Waals surface area contributed by atoms with Gasteiger partial charge in [-0.25, -0.2) is 14.5 Å². The Kier molecular flexibility index (Phi) is 7.21. The van der Waals surface area contributed by atoms with Crippen LogP contribution in [0.15, 0.2) is 24.8 Å². The average Bonchev–Trinajstić information content (AvgIpc) is 3.62. The van der Waals surface area contributed by atoms with E-state index in [1.165, 1.54) is 11.2 Å². The number of hydrogen-bond donors (Lipinski definition) is 2. The number of halogens is 3. The first kappa shape index (κ1) is 25.7. The molecule has 37 heavy (non-hydrogen) atoms. The van der Waals surface area contributed by atoms with Crippen LogP contribution in [0.3, 0.4) is 0 Å². The van der Waals surface area contributed by atoms with Crippen LogP contribution in [0.2, 0.25) is 0 Å². The predicted octanol–water partition coefficient (Wildman–Crippen LogP) is 5.94. The number of nitrogens with one attached hydrogen (secondary N) is 2. The van der Waals surface area contributed by atoms with Gasteiger partial charge in [0.05, 0.1) is 19.2 Å². The van der Waals surface area contributed by atoms with Crippen molar-refractivity contribution in [2.45, 2.75) is 70.0 Å². The number of alkyl halides is 3. The molecule has 0 atom stereocenters. The molecule has 0 amide bonds. The molecule has 1 saturated carbocycles. The van der Waals surface area contributed by atoms with E-state index >= 15 is 0 Å². The predicted molar refractivity (Wildman–Crippen MR) is 136 cm³/mol. The van der Waals surface area contributed by atoms with Crippen LogP contribution in [0.4, 0.5) is 13.2 Å². The number of aromatic amines is 1. The minimum absolute atomic E-state index is 0.0151. The number of nitrogens with zero attached hydrogens (tertiary/aromatic N) is 5. The molecule has 4 aromatic rings. The zero-order valence-electron chi connectivity index (χ0n) is 21.0. The molecule has 12 heteroatoms. The van der Waals surface area contributed by atoms with E-state index in [1.54, 1.807) is 23.0 Å². The first-order valence-electron chi connectivity index (χ1n) is 12.5. The van der Waals surface area contributed by atoms with E-state index < -0.39 is 12.6 Å². The van der Waals surface area contributed by atoms with Crippen LogP contribution in [-0.2, 0) is 0 Å². The van der Waals surface area contributed by atoms with Crippen LogP contribution in [0.25, 0.3) is 27.6 Å². The van der Waals surface area contributed by atoms with E-state index in [0.29, 0.717) is 17.3 Å². The van der Waals surface area contributed by atoms with Crippen molar-refractivity contribution < 1.29 is 17.9 Å². The summed E-state index contributed by atoms with van der Waals surface area (Å²) in [6, 6.07) is 2.08. The fourth-order valence-corrected chi connectivity index (χ4v) is 6.15. The highest BCUT2D eigenvalue weighted by atomic mass is 32.1. The van der Waals surface area contributed by atoms with E-state index in [9.17, 15) is 13.2 Å². The Balaban J connectivity index is 1.33. The van der Waals surface area contributed by atoms with Crippen LogP contribution in [0.5, 0.6) is 5.75 Å². The maximum atomic E-state index is 12.4. The Hall–Kier alpha value is -2.99. The Bertz CT molecular complexity index is 1350. The number of hydrogen-bond acceptors (Lipinski definition) is 7.